The van der Waals surface area contributed by atoms with Crippen molar-refractivity contribution in [2.45, 2.75) is 51.3 Å². The van der Waals surface area contributed by atoms with Gasteiger partial charge in [0, 0.05) is 19.1 Å². The largest absolute Gasteiger partial charge is 0.480 e. The minimum Gasteiger partial charge on any atom is -0.480 e. The minimum absolute atomic E-state index is 0.0259. The van der Waals surface area contributed by atoms with E-state index in [0.717, 1.165) is 5.56 Å². The fourth-order valence-electron chi connectivity index (χ4n) is 2.72. The standard InChI is InChI=1S/C16H24N2O4S/c1-16(2,3)22-15(21)17-12-4-7-18(8-5-12)13(14(19)20)11-6-9-23-10-11/h6,9-10,12-13H,4-5,7-8H2,1-3H3,(H,17,21)(H,19,20)/t13-/m0/s1. The maximum atomic E-state index is 11.8. The number of thiophene rings is 1. The normalized spacial score (nSPS) is 18.4. The quantitative estimate of drug-likeness (QED) is 0.881. The molecule has 0 aromatic carbocycles. The molecule has 2 N–H and O–H groups in total. The Morgan fingerprint density at radius 1 is 1.39 bits per heavy atom. The molecule has 1 aromatic heterocycles. The average Bonchev–Trinajstić information content (AvgIpc) is 2.92. The van der Waals surface area contributed by atoms with Gasteiger partial charge in [0.1, 0.15) is 11.6 Å². The summed E-state index contributed by atoms with van der Waals surface area (Å²) < 4.78 is 5.26. The maximum absolute atomic E-state index is 11.8. The Balaban J connectivity index is 1.88. The van der Waals surface area contributed by atoms with Gasteiger partial charge in [-0.25, -0.2) is 4.79 Å². The van der Waals surface area contributed by atoms with Crippen LogP contribution in [0, 0.1) is 0 Å². The van der Waals surface area contributed by atoms with E-state index >= 15 is 0 Å². The third-order valence-corrected chi connectivity index (χ3v) is 4.41. The Kier molecular flexibility index (Phi) is 5.64. The van der Waals surface area contributed by atoms with Gasteiger partial charge in [0.05, 0.1) is 0 Å². The smallest absolute Gasteiger partial charge is 0.407 e. The first-order chi connectivity index (χ1) is 10.8. The van der Waals surface area contributed by atoms with Crippen LogP contribution in [0.3, 0.4) is 0 Å². The topological polar surface area (TPSA) is 78.9 Å². The fourth-order valence-corrected chi connectivity index (χ4v) is 3.40. The number of alkyl carbamates (subject to hydrolysis) is 1. The summed E-state index contributed by atoms with van der Waals surface area (Å²) in [7, 11) is 0. The Labute approximate surface area is 140 Å². The van der Waals surface area contributed by atoms with Gasteiger partial charge in [-0.3, -0.25) is 9.69 Å². The van der Waals surface area contributed by atoms with Crippen molar-refractivity contribution in [1.82, 2.24) is 10.2 Å². The third kappa shape index (κ3) is 5.21. The van der Waals surface area contributed by atoms with E-state index in [-0.39, 0.29) is 6.04 Å². The number of aliphatic carboxylic acids is 1. The molecule has 0 saturated carbocycles. The van der Waals surface area contributed by atoms with E-state index < -0.39 is 23.7 Å². The highest BCUT2D eigenvalue weighted by Gasteiger charge is 2.32. The Morgan fingerprint density at radius 3 is 2.52 bits per heavy atom. The van der Waals surface area contributed by atoms with E-state index in [1.807, 2.05) is 42.5 Å². The first-order valence-corrected chi connectivity index (χ1v) is 8.69. The van der Waals surface area contributed by atoms with Crippen LogP contribution in [0.15, 0.2) is 16.8 Å². The van der Waals surface area contributed by atoms with E-state index in [2.05, 4.69) is 5.32 Å². The fraction of sp³-hybridized carbons (Fsp3) is 0.625. The van der Waals surface area contributed by atoms with Crippen LogP contribution in [-0.2, 0) is 9.53 Å². The van der Waals surface area contributed by atoms with Crippen molar-refractivity contribution in [3.8, 4) is 0 Å². The summed E-state index contributed by atoms with van der Waals surface area (Å²) in [5.74, 6) is -0.832. The van der Waals surface area contributed by atoms with E-state index in [1.54, 1.807) is 0 Å². The number of hydrogen-bond donors (Lipinski definition) is 2. The van der Waals surface area contributed by atoms with Crippen molar-refractivity contribution in [2.75, 3.05) is 13.1 Å². The molecular weight excluding hydrogens is 316 g/mol. The first kappa shape index (κ1) is 17.7. The molecule has 1 aliphatic heterocycles. The number of nitrogens with zero attached hydrogens (tertiary/aromatic N) is 1. The van der Waals surface area contributed by atoms with Crippen molar-refractivity contribution in [3.63, 3.8) is 0 Å². The summed E-state index contributed by atoms with van der Waals surface area (Å²) in [6.07, 6.45) is 1.02. The van der Waals surface area contributed by atoms with Gasteiger partial charge in [0.25, 0.3) is 0 Å². The molecular formula is C16H24N2O4S. The van der Waals surface area contributed by atoms with Gasteiger partial charge in [0.15, 0.2) is 0 Å². The van der Waals surface area contributed by atoms with Crippen molar-refractivity contribution in [1.29, 1.82) is 0 Å². The molecule has 0 spiro atoms. The molecule has 0 unspecified atom stereocenters. The van der Waals surface area contributed by atoms with Crippen LogP contribution in [0.4, 0.5) is 4.79 Å². The summed E-state index contributed by atoms with van der Waals surface area (Å²) in [6.45, 7) is 6.75. The zero-order valence-electron chi connectivity index (χ0n) is 13.7. The second kappa shape index (κ2) is 7.31. The van der Waals surface area contributed by atoms with Gasteiger partial charge in [-0.15, -0.1) is 0 Å². The summed E-state index contributed by atoms with van der Waals surface area (Å²) >= 11 is 1.50. The van der Waals surface area contributed by atoms with Crippen LogP contribution >= 0.6 is 11.3 Å². The molecule has 0 radical (unpaired) electrons. The number of carbonyl (C=O) groups excluding carboxylic acids is 1. The summed E-state index contributed by atoms with van der Waals surface area (Å²) in [6, 6.07) is 1.27. The monoisotopic (exact) mass is 340 g/mol. The van der Waals surface area contributed by atoms with Crippen LogP contribution < -0.4 is 5.32 Å². The second-order valence-electron chi connectivity index (χ2n) is 6.75. The third-order valence-electron chi connectivity index (χ3n) is 3.71. The Hall–Kier alpha value is -1.60. The molecule has 1 amide bonds. The van der Waals surface area contributed by atoms with E-state index in [4.69, 9.17) is 4.74 Å². The molecule has 1 saturated heterocycles. The number of carbonyl (C=O) groups is 2. The summed E-state index contributed by atoms with van der Waals surface area (Å²) in [4.78, 5) is 25.3. The second-order valence-corrected chi connectivity index (χ2v) is 7.53. The molecule has 1 aromatic rings. The SMILES string of the molecule is CC(C)(C)OC(=O)NC1CCN([C@H](C(=O)O)c2ccsc2)CC1. The lowest BCUT2D eigenvalue weighted by Crippen LogP contribution is -2.48. The number of carboxylic acid groups (broad SMARTS) is 1. The van der Waals surface area contributed by atoms with E-state index in [0.29, 0.717) is 25.9 Å². The van der Waals surface area contributed by atoms with Gasteiger partial charge in [0.2, 0.25) is 0 Å². The summed E-state index contributed by atoms with van der Waals surface area (Å²) in [5.41, 5.74) is 0.305. The zero-order valence-corrected chi connectivity index (χ0v) is 14.6. The maximum Gasteiger partial charge on any atom is 0.407 e. The number of rotatable bonds is 4. The number of piperidine rings is 1. The lowest BCUT2D eigenvalue weighted by atomic mass is 10.0. The predicted molar refractivity (Wildman–Crippen MR) is 88.7 cm³/mol. The van der Waals surface area contributed by atoms with Crippen molar-refractivity contribution >= 4 is 23.4 Å². The molecule has 0 aliphatic carbocycles. The van der Waals surface area contributed by atoms with Crippen LogP contribution in [0.25, 0.3) is 0 Å². The van der Waals surface area contributed by atoms with Crippen LogP contribution in [0.5, 0.6) is 0 Å². The van der Waals surface area contributed by atoms with Gasteiger partial charge >= 0.3 is 12.1 Å². The lowest BCUT2D eigenvalue weighted by Gasteiger charge is -2.35. The molecule has 1 atom stereocenters. The van der Waals surface area contributed by atoms with Crippen LogP contribution in [0.1, 0.15) is 45.2 Å². The lowest BCUT2D eigenvalue weighted by molar-refractivity contribution is -0.144. The molecule has 2 rings (SSSR count). The molecule has 2 heterocycles. The highest BCUT2D eigenvalue weighted by Crippen LogP contribution is 2.26. The predicted octanol–water partition coefficient (Wildman–Crippen LogP) is 2.86. The van der Waals surface area contributed by atoms with Crippen molar-refractivity contribution < 1.29 is 19.4 Å². The number of nitrogens with one attached hydrogen (secondary N) is 1. The van der Waals surface area contributed by atoms with Crippen LogP contribution in [-0.4, -0.2) is 46.8 Å². The molecule has 128 valence electrons. The first-order valence-electron chi connectivity index (χ1n) is 7.75. The number of amides is 1. The molecule has 7 heteroatoms. The summed E-state index contributed by atoms with van der Waals surface area (Å²) in [5, 5.41) is 16.1. The molecule has 6 nitrogen and oxygen atoms in total. The number of hydrogen-bond acceptors (Lipinski definition) is 5. The Morgan fingerprint density at radius 2 is 2.04 bits per heavy atom. The molecule has 1 fully saturated rings. The number of ether oxygens (including phenoxy) is 1. The van der Waals surface area contributed by atoms with Crippen LogP contribution in [0.2, 0.25) is 0 Å². The van der Waals surface area contributed by atoms with Crippen molar-refractivity contribution in [2.24, 2.45) is 0 Å². The highest BCUT2D eigenvalue weighted by molar-refractivity contribution is 7.08. The van der Waals surface area contributed by atoms with Gasteiger partial charge in [-0.1, -0.05) is 0 Å². The minimum atomic E-state index is -0.832. The Bertz CT molecular complexity index is 531. The number of likely N-dealkylation sites (tertiary alicyclic amines) is 1. The molecule has 1 aliphatic rings. The van der Waals surface area contributed by atoms with Gasteiger partial charge in [-0.2, -0.15) is 11.3 Å². The zero-order chi connectivity index (χ0) is 17.0. The van der Waals surface area contributed by atoms with E-state index in [1.165, 1.54) is 11.3 Å². The highest BCUT2D eigenvalue weighted by atomic mass is 32.1. The van der Waals surface area contributed by atoms with E-state index in [9.17, 15) is 14.7 Å². The molecule has 0 bridgehead atoms. The van der Waals surface area contributed by atoms with Gasteiger partial charge < -0.3 is 15.2 Å². The number of carboxylic acids is 1. The molecule has 23 heavy (non-hydrogen) atoms. The average molecular weight is 340 g/mol. The van der Waals surface area contributed by atoms with Gasteiger partial charge in [-0.05, 0) is 56.0 Å². The van der Waals surface area contributed by atoms with Crippen molar-refractivity contribution in [3.05, 3.63) is 22.4 Å².